The molecule has 2 aromatic carbocycles. The molecular weight excluding hydrogens is 397 g/mol. The lowest BCUT2D eigenvalue weighted by molar-refractivity contribution is 0.174. The van der Waals surface area contributed by atoms with Gasteiger partial charge in [0.05, 0.1) is 9.71 Å². The van der Waals surface area contributed by atoms with E-state index in [9.17, 15) is 4.39 Å². The molecule has 0 saturated carbocycles. The lowest BCUT2D eigenvalue weighted by Crippen LogP contribution is -1.94. The summed E-state index contributed by atoms with van der Waals surface area (Å²) < 4.78 is 25.7. The number of aryl methyl sites for hydroxylation is 1. The Labute approximate surface area is 168 Å². The third-order valence-electron chi connectivity index (χ3n) is 4.36. The van der Waals surface area contributed by atoms with E-state index in [1.54, 1.807) is 23.5 Å². The van der Waals surface area contributed by atoms with E-state index in [-0.39, 0.29) is 12.6 Å². The van der Waals surface area contributed by atoms with Gasteiger partial charge in [0.1, 0.15) is 22.1 Å². The molecule has 2 aromatic heterocycles. The van der Waals surface area contributed by atoms with E-state index in [0.29, 0.717) is 22.1 Å². The molecule has 1 aliphatic heterocycles. The quantitative estimate of drug-likeness (QED) is 0.429. The van der Waals surface area contributed by atoms with E-state index < -0.39 is 0 Å². The van der Waals surface area contributed by atoms with Crippen LogP contribution in [0.2, 0.25) is 0 Å². The maximum absolute atomic E-state index is 13.9. The highest BCUT2D eigenvalue weighted by molar-refractivity contribution is 7.98. The largest absolute Gasteiger partial charge is 0.454 e. The summed E-state index contributed by atoms with van der Waals surface area (Å²) in [5.74, 6) is 1.68. The van der Waals surface area contributed by atoms with Gasteiger partial charge in [-0.05, 0) is 36.8 Å². The van der Waals surface area contributed by atoms with Crippen LogP contribution in [0.15, 0.2) is 47.5 Å². The fraction of sp³-hybridized carbons (Fsp3) is 0.150. The molecule has 0 bridgehead atoms. The summed E-state index contributed by atoms with van der Waals surface area (Å²) >= 11 is 3.01. The van der Waals surface area contributed by atoms with Crippen LogP contribution in [0.25, 0.3) is 21.5 Å². The number of hydrogen-bond donors (Lipinski definition) is 0. The second-order valence-electron chi connectivity index (χ2n) is 6.21. The monoisotopic (exact) mass is 411 g/mol. The summed E-state index contributed by atoms with van der Waals surface area (Å²) in [6.45, 7) is 2.19. The molecule has 0 aliphatic carbocycles. The lowest BCUT2D eigenvalue weighted by Gasteiger charge is -2.06. The van der Waals surface area contributed by atoms with Gasteiger partial charge in [0, 0.05) is 11.3 Å². The average molecular weight is 411 g/mol. The van der Waals surface area contributed by atoms with Crippen molar-refractivity contribution >= 4 is 33.3 Å². The Hall–Kier alpha value is -2.71. The highest BCUT2D eigenvalue weighted by Crippen LogP contribution is 2.40. The number of halogens is 1. The van der Waals surface area contributed by atoms with Crippen LogP contribution in [-0.4, -0.2) is 22.0 Å². The molecule has 4 aromatic rings. The molecule has 3 heterocycles. The van der Waals surface area contributed by atoms with Gasteiger partial charge >= 0.3 is 0 Å². The number of ether oxygens (including phenoxy) is 2. The van der Waals surface area contributed by atoms with Crippen molar-refractivity contribution < 1.29 is 13.9 Å². The van der Waals surface area contributed by atoms with Gasteiger partial charge in [-0.1, -0.05) is 30.0 Å². The van der Waals surface area contributed by atoms with Gasteiger partial charge in [0.15, 0.2) is 11.5 Å². The molecule has 5 rings (SSSR count). The smallest absolute Gasteiger partial charge is 0.231 e. The second kappa shape index (κ2) is 7.03. The predicted molar refractivity (Wildman–Crippen MR) is 107 cm³/mol. The third-order valence-corrected chi connectivity index (χ3v) is 6.34. The minimum atomic E-state index is -0.217. The van der Waals surface area contributed by atoms with E-state index in [1.807, 2.05) is 31.2 Å². The predicted octanol–water partition coefficient (Wildman–Crippen LogP) is 5.22. The van der Waals surface area contributed by atoms with Gasteiger partial charge in [0.2, 0.25) is 6.79 Å². The SMILES string of the molecule is Cc1nc2c(SCc3ccccc3F)nnc(-c3ccc4c(c3)OCO4)c2s1. The summed E-state index contributed by atoms with van der Waals surface area (Å²) in [5.41, 5.74) is 3.09. The van der Waals surface area contributed by atoms with Gasteiger partial charge in [-0.15, -0.1) is 21.5 Å². The van der Waals surface area contributed by atoms with Crippen LogP contribution in [0.3, 0.4) is 0 Å². The van der Waals surface area contributed by atoms with Crippen LogP contribution < -0.4 is 9.47 Å². The molecule has 28 heavy (non-hydrogen) atoms. The molecule has 0 amide bonds. The Bertz CT molecular complexity index is 1200. The van der Waals surface area contributed by atoms with E-state index in [1.165, 1.54) is 17.8 Å². The number of fused-ring (bicyclic) bond motifs is 2. The molecule has 0 spiro atoms. The number of benzene rings is 2. The van der Waals surface area contributed by atoms with Crippen molar-refractivity contribution in [3.8, 4) is 22.8 Å². The first-order valence-corrected chi connectivity index (χ1v) is 10.4. The Kier molecular flexibility index (Phi) is 4.37. The summed E-state index contributed by atoms with van der Waals surface area (Å²) in [6, 6.07) is 12.5. The first-order chi connectivity index (χ1) is 13.7. The average Bonchev–Trinajstić information content (AvgIpc) is 3.32. The molecule has 140 valence electrons. The number of hydrogen-bond acceptors (Lipinski definition) is 7. The molecular formula is C20H14FN3O2S2. The van der Waals surface area contributed by atoms with Gasteiger partial charge in [-0.3, -0.25) is 0 Å². The highest BCUT2D eigenvalue weighted by atomic mass is 32.2. The van der Waals surface area contributed by atoms with E-state index in [4.69, 9.17) is 9.47 Å². The minimum Gasteiger partial charge on any atom is -0.454 e. The molecule has 8 heteroatoms. The molecule has 0 radical (unpaired) electrons. The van der Waals surface area contributed by atoms with Gasteiger partial charge in [-0.2, -0.15) is 0 Å². The standard InChI is InChI=1S/C20H14FN3O2S2/c1-11-22-18-19(28-11)17(12-6-7-15-16(8-12)26-10-25-15)23-24-20(18)27-9-13-4-2-3-5-14(13)21/h2-8H,9-10H2,1H3. The number of rotatable bonds is 4. The van der Waals surface area contributed by atoms with Crippen molar-refractivity contribution in [1.29, 1.82) is 0 Å². The maximum atomic E-state index is 13.9. The van der Waals surface area contributed by atoms with Crippen molar-refractivity contribution in [2.24, 2.45) is 0 Å². The number of thioether (sulfide) groups is 1. The molecule has 0 unspecified atom stereocenters. The highest BCUT2D eigenvalue weighted by Gasteiger charge is 2.19. The van der Waals surface area contributed by atoms with Crippen LogP contribution in [-0.2, 0) is 5.75 Å². The summed E-state index contributed by atoms with van der Waals surface area (Å²) in [7, 11) is 0. The third kappa shape index (κ3) is 3.08. The van der Waals surface area contributed by atoms with Crippen molar-refractivity contribution in [3.63, 3.8) is 0 Å². The first-order valence-electron chi connectivity index (χ1n) is 8.59. The molecule has 0 N–H and O–H groups in total. The van der Waals surface area contributed by atoms with Crippen LogP contribution >= 0.6 is 23.1 Å². The zero-order valence-corrected chi connectivity index (χ0v) is 16.4. The van der Waals surface area contributed by atoms with Crippen molar-refractivity contribution in [2.45, 2.75) is 17.7 Å². The van der Waals surface area contributed by atoms with Crippen LogP contribution in [0, 0.1) is 12.7 Å². The maximum Gasteiger partial charge on any atom is 0.231 e. The Balaban J connectivity index is 1.53. The molecule has 5 nitrogen and oxygen atoms in total. The summed E-state index contributed by atoms with van der Waals surface area (Å²) in [6.07, 6.45) is 0. The van der Waals surface area contributed by atoms with Crippen molar-refractivity contribution in [3.05, 3.63) is 58.9 Å². The van der Waals surface area contributed by atoms with Crippen molar-refractivity contribution in [2.75, 3.05) is 6.79 Å². The van der Waals surface area contributed by atoms with Crippen LogP contribution in [0.5, 0.6) is 11.5 Å². The molecule has 0 saturated heterocycles. The van der Waals surface area contributed by atoms with Crippen molar-refractivity contribution in [1.82, 2.24) is 15.2 Å². The van der Waals surface area contributed by atoms with Gasteiger partial charge in [-0.25, -0.2) is 9.37 Å². The van der Waals surface area contributed by atoms with E-state index >= 15 is 0 Å². The zero-order chi connectivity index (χ0) is 19.1. The molecule has 0 fully saturated rings. The van der Waals surface area contributed by atoms with Gasteiger partial charge < -0.3 is 9.47 Å². The fourth-order valence-corrected chi connectivity index (χ4v) is 4.91. The van der Waals surface area contributed by atoms with E-state index in [0.717, 1.165) is 32.2 Å². The second-order valence-corrected chi connectivity index (χ2v) is 8.38. The fourth-order valence-electron chi connectivity index (χ4n) is 3.01. The first kappa shape index (κ1) is 17.4. The lowest BCUT2D eigenvalue weighted by atomic mass is 10.1. The Morgan fingerprint density at radius 3 is 2.86 bits per heavy atom. The zero-order valence-electron chi connectivity index (χ0n) is 14.8. The van der Waals surface area contributed by atoms with Crippen LogP contribution in [0.4, 0.5) is 4.39 Å². The van der Waals surface area contributed by atoms with Gasteiger partial charge in [0.25, 0.3) is 0 Å². The number of aromatic nitrogens is 3. The summed E-state index contributed by atoms with van der Waals surface area (Å²) in [5, 5.41) is 10.5. The minimum absolute atomic E-state index is 0.217. The number of thiazole rings is 1. The van der Waals surface area contributed by atoms with Crippen LogP contribution in [0.1, 0.15) is 10.6 Å². The number of nitrogens with zero attached hydrogens (tertiary/aromatic N) is 3. The Morgan fingerprint density at radius 1 is 1.11 bits per heavy atom. The molecule has 1 aliphatic rings. The topological polar surface area (TPSA) is 57.1 Å². The summed E-state index contributed by atoms with van der Waals surface area (Å²) in [4.78, 5) is 4.65. The van der Waals surface area contributed by atoms with E-state index in [2.05, 4.69) is 15.2 Å². The molecule has 0 atom stereocenters. The normalized spacial score (nSPS) is 12.6. The Morgan fingerprint density at radius 2 is 1.96 bits per heavy atom.